The fraction of sp³-hybridized carbons (Fsp3) is 0.353. The fourth-order valence-electron chi connectivity index (χ4n) is 2.50. The second-order valence-electron chi connectivity index (χ2n) is 5.72. The van der Waals surface area contributed by atoms with Crippen LogP contribution in [0.1, 0.15) is 24.2 Å². The van der Waals surface area contributed by atoms with E-state index in [1.165, 1.54) is 0 Å². The van der Waals surface area contributed by atoms with E-state index >= 15 is 0 Å². The Labute approximate surface area is 124 Å². The lowest BCUT2D eigenvalue weighted by Gasteiger charge is -2.17. The zero-order valence-electron chi connectivity index (χ0n) is 12.3. The molecule has 1 aliphatic rings. The number of nitrogens with one attached hydrogen (secondary N) is 1. The molecule has 0 aliphatic carbocycles. The van der Waals surface area contributed by atoms with Crippen molar-refractivity contribution in [3.05, 3.63) is 48.0 Å². The average Bonchev–Trinajstić information content (AvgIpc) is 2.83. The van der Waals surface area contributed by atoms with Gasteiger partial charge in [-0.1, -0.05) is 30.3 Å². The van der Waals surface area contributed by atoms with Gasteiger partial charge in [0.1, 0.15) is 6.10 Å². The molecule has 1 atom stereocenters. The summed E-state index contributed by atoms with van der Waals surface area (Å²) in [6.45, 7) is 4.70. The molecule has 0 bridgehead atoms. The lowest BCUT2D eigenvalue weighted by molar-refractivity contribution is -0.137. The highest BCUT2D eigenvalue weighted by atomic mass is 16.7. The predicted octanol–water partition coefficient (Wildman–Crippen LogP) is 2.72. The first kappa shape index (κ1) is 14.0. The minimum absolute atomic E-state index is 0.0888. The predicted molar refractivity (Wildman–Crippen MR) is 81.2 cm³/mol. The van der Waals surface area contributed by atoms with Crippen LogP contribution in [0.15, 0.2) is 42.5 Å². The Balaban J connectivity index is 1.64. The molecule has 0 radical (unpaired) electrons. The van der Waals surface area contributed by atoms with Crippen LogP contribution in [0.3, 0.4) is 0 Å². The number of carbonyl (C=O) groups is 1. The van der Waals surface area contributed by atoms with E-state index in [1.807, 2.05) is 56.3 Å². The van der Waals surface area contributed by atoms with E-state index in [0.29, 0.717) is 18.7 Å². The minimum Gasteiger partial charge on any atom is -0.349 e. The Morgan fingerprint density at radius 2 is 2.00 bits per heavy atom. The van der Waals surface area contributed by atoms with Gasteiger partial charge < -0.3 is 14.8 Å². The summed E-state index contributed by atoms with van der Waals surface area (Å²) in [5.41, 5.74) is 0.659. The van der Waals surface area contributed by atoms with Crippen molar-refractivity contribution in [1.29, 1.82) is 0 Å². The van der Waals surface area contributed by atoms with E-state index in [9.17, 15) is 4.79 Å². The van der Waals surface area contributed by atoms with Crippen LogP contribution in [0.2, 0.25) is 0 Å². The van der Waals surface area contributed by atoms with Crippen molar-refractivity contribution in [2.24, 2.45) is 0 Å². The summed E-state index contributed by atoms with van der Waals surface area (Å²) in [7, 11) is 0. The van der Waals surface area contributed by atoms with Crippen molar-refractivity contribution in [2.45, 2.75) is 25.7 Å². The van der Waals surface area contributed by atoms with Crippen molar-refractivity contribution < 1.29 is 14.3 Å². The molecule has 2 aromatic rings. The summed E-state index contributed by atoms with van der Waals surface area (Å²) in [4.78, 5) is 12.2. The van der Waals surface area contributed by atoms with Crippen molar-refractivity contribution >= 4 is 16.7 Å². The summed E-state index contributed by atoms with van der Waals surface area (Å²) in [6.07, 6.45) is -0.0931. The van der Waals surface area contributed by atoms with Gasteiger partial charge in [-0.2, -0.15) is 0 Å². The van der Waals surface area contributed by atoms with Crippen molar-refractivity contribution in [3.63, 3.8) is 0 Å². The number of benzene rings is 2. The molecule has 1 amide bonds. The number of fused-ring (bicyclic) bond motifs is 1. The van der Waals surface area contributed by atoms with Gasteiger partial charge in [-0.05, 0) is 36.8 Å². The largest absolute Gasteiger partial charge is 0.349 e. The van der Waals surface area contributed by atoms with Gasteiger partial charge in [0.25, 0.3) is 5.91 Å². The Morgan fingerprint density at radius 1 is 1.24 bits per heavy atom. The van der Waals surface area contributed by atoms with E-state index in [1.54, 1.807) is 0 Å². The molecule has 0 aromatic heterocycles. The number of ether oxygens (including phenoxy) is 2. The highest BCUT2D eigenvalue weighted by Crippen LogP contribution is 2.22. The lowest BCUT2D eigenvalue weighted by atomic mass is 10.1. The number of rotatable bonds is 3. The second kappa shape index (κ2) is 5.47. The third kappa shape index (κ3) is 3.23. The van der Waals surface area contributed by atoms with Crippen LogP contribution in [-0.2, 0) is 9.47 Å². The maximum atomic E-state index is 12.2. The van der Waals surface area contributed by atoms with Crippen molar-refractivity contribution in [3.8, 4) is 0 Å². The molecule has 1 unspecified atom stereocenters. The van der Waals surface area contributed by atoms with Gasteiger partial charge in [-0.3, -0.25) is 4.79 Å². The van der Waals surface area contributed by atoms with Gasteiger partial charge in [0.2, 0.25) is 0 Å². The normalized spacial score (nSPS) is 20.6. The quantitative estimate of drug-likeness (QED) is 0.943. The van der Waals surface area contributed by atoms with Crippen LogP contribution in [0.5, 0.6) is 0 Å². The zero-order chi connectivity index (χ0) is 14.9. The number of amides is 1. The van der Waals surface area contributed by atoms with Crippen LogP contribution in [-0.4, -0.2) is 30.9 Å². The van der Waals surface area contributed by atoms with Gasteiger partial charge in [-0.15, -0.1) is 0 Å². The van der Waals surface area contributed by atoms with Crippen LogP contribution >= 0.6 is 0 Å². The lowest BCUT2D eigenvalue weighted by Crippen LogP contribution is -2.34. The standard InChI is InChI=1S/C17H19NO3/c1-17(2)20-11-15(21-17)10-18-16(19)14-8-7-12-5-3-4-6-13(12)9-14/h3-9,15H,10-11H2,1-2H3,(H,18,19). The SMILES string of the molecule is CC1(C)OCC(CNC(=O)c2ccc3ccccc3c2)O1. The van der Waals surface area contributed by atoms with E-state index in [4.69, 9.17) is 9.47 Å². The molecule has 1 N–H and O–H groups in total. The molecule has 4 nitrogen and oxygen atoms in total. The molecular weight excluding hydrogens is 266 g/mol. The smallest absolute Gasteiger partial charge is 0.251 e. The van der Waals surface area contributed by atoms with E-state index in [0.717, 1.165) is 10.8 Å². The molecule has 1 heterocycles. The van der Waals surface area contributed by atoms with Gasteiger partial charge in [0.05, 0.1) is 6.61 Å². The van der Waals surface area contributed by atoms with Gasteiger partial charge in [0.15, 0.2) is 5.79 Å². The van der Waals surface area contributed by atoms with Gasteiger partial charge >= 0.3 is 0 Å². The van der Waals surface area contributed by atoms with E-state index in [-0.39, 0.29) is 12.0 Å². The molecular formula is C17H19NO3. The first-order valence-electron chi connectivity index (χ1n) is 7.12. The minimum atomic E-state index is -0.557. The molecule has 21 heavy (non-hydrogen) atoms. The van der Waals surface area contributed by atoms with Crippen molar-refractivity contribution in [1.82, 2.24) is 5.32 Å². The average molecular weight is 285 g/mol. The molecule has 1 fully saturated rings. The first-order valence-corrected chi connectivity index (χ1v) is 7.12. The van der Waals surface area contributed by atoms with Crippen molar-refractivity contribution in [2.75, 3.05) is 13.2 Å². The molecule has 1 aliphatic heterocycles. The Hall–Kier alpha value is -1.91. The Morgan fingerprint density at radius 3 is 2.71 bits per heavy atom. The summed E-state index contributed by atoms with van der Waals surface area (Å²) >= 11 is 0. The molecule has 3 rings (SSSR count). The third-order valence-electron chi connectivity index (χ3n) is 3.57. The number of hydrogen-bond donors (Lipinski definition) is 1. The monoisotopic (exact) mass is 285 g/mol. The number of hydrogen-bond acceptors (Lipinski definition) is 3. The molecule has 0 saturated carbocycles. The summed E-state index contributed by atoms with van der Waals surface area (Å²) in [5.74, 6) is -0.646. The summed E-state index contributed by atoms with van der Waals surface area (Å²) in [5, 5.41) is 5.09. The highest BCUT2D eigenvalue weighted by Gasteiger charge is 2.32. The zero-order valence-corrected chi connectivity index (χ0v) is 12.3. The maximum absolute atomic E-state index is 12.2. The Bertz CT molecular complexity index is 666. The molecule has 110 valence electrons. The second-order valence-corrected chi connectivity index (χ2v) is 5.72. The fourth-order valence-corrected chi connectivity index (χ4v) is 2.50. The van der Waals surface area contributed by atoms with Gasteiger partial charge in [-0.25, -0.2) is 0 Å². The number of carbonyl (C=O) groups excluding carboxylic acids is 1. The van der Waals surface area contributed by atoms with E-state index in [2.05, 4.69) is 5.32 Å². The van der Waals surface area contributed by atoms with Crippen LogP contribution in [0, 0.1) is 0 Å². The molecule has 1 saturated heterocycles. The first-order chi connectivity index (χ1) is 10.0. The summed E-state index contributed by atoms with van der Waals surface area (Å²) in [6, 6.07) is 13.7. The van der Waals surface area contributed by atoms with Crippen LogP contribution in [0.25, 0.3) is 10.8 Å². The third-order valence-corrected chi connectivity index (χ3v) is 3.57. The summed E-state index contributed by atoms with van der Waals surface area (Å²) < 4.78 is 11.1. The van der Waals surface area contributed by atoms with Gasteiger partial charge in [0, 0.05) is 12.1 Å². The Kier molecular flexibility index (Phi) is 3.66. The topological polar surface area (TPSA) is 47.6 Å². The van der Waals surface area contributed by atoms with Crippen LogP contribution in [0.4, 0.5) is 0 Å². The van der Waals surface area contributed by atoms with Crippen LogP contribution < -0.4 is 5.32 Å². The van der Waals surface area contributed by atoms with E-state index < -0.39 is 5.79 Å². The molecule has 2 aromatic carbocycles. The molecule has 4 heteroatoms. The maximum Gasteiger partial charge on any atom is 0.251 e. The highest BCUT2D eigenvalue weighted by molar-refractivity contribution is 5.98. The molecule has 0 spiro atoms.